The Morgan fingerprint density at radius 1 is 1.20 bits per heavy atom. The van der Waals surface area contributed by atoms with E-state index in [0.29, 0.717) is 17.4 Å². The second-order valence-electron chi connectivity index (χ2n) is 4.37. The fourth-order valence-corrected chi connectivity index (χ4v) is 1.98. The number of nitrogens with one attached hydrogen (secondary N) is 1. The van der Waals surface area contributed by atoms with Crippen LogP contribution in [0.3, 0.4) is 0 Å². The van der Waals surface area contributed by atoms with E-state index in [-0.39, 0.29) is 0 Å². The van der Waals surface area contributed by atoms with Gasteiger partial charge in [-0.2, -0.15) is 0 Å². The Bertz CT molecular complexity index is 600. The standard InChI is InChI=1S/C15H19N3O2/c1-5-11-14(16-3)17-9-18-15(11)20-12-7-6-10(2)8-13(12)19-4/h6-9H,5H2,1-4H3,(H,16,17,18). The van der Waals surface area contributed by atoms with E-state index < -0.39 is 0 Å². The molecule has 2 rings (SSSR count). The first kappa shape index (κ1) is 14.1. The molecule has 0 unspecified atom stereocenters. The summed E-state index contributed by atoms with van der Waals surface area (Å²) in [5.41, 5.74) is 2.06. The number of ether oxygens (including phenoxy) is 2. The van der Waals surface area contributed by atoms with Crippen LogP contribution in [-0.2, 0) is 6.42 Å². The first-order valence-electron chi connectivity index (χ1n) is 6.53. The summed E-state index contributed by atoms with van der Waals surface area (Å²) >= 11 is 0. The van der Waals surface area contributed by atoms with E-state index in [2.05, 4.69) is 15.3 Å². The van der Waals surface area contributed by atoms with E-state index in [1.165, 1.54) is 6.33 Å². The van der Waals surface area contributed by atoms with Crippen LogP contribution >= 0.6 is 0 Å². The molecule has 0 fully saturated rings. The lowest BCUT2D eigenvalue weighted by molar-refractivity contribution is 0.372. The van der Waals surface area contributed by atoms with Gasteiger partial charge in [-0.05, 0) is 31.0 Å². The van der Waals surface area contributed by atoms with Crippen LogP contribution in [0.1, 0.15) is 18.1 Å². The number of anilines is 1. The summed E-state index contributed by atoms with van der Waals surface area (Å²) < 4.78 is 11.2. The van der Waals surface area contributed by atoms with Crippen molar-refractivity contribution in [2.24, 2.45) is 0 Å². The van der Waals surface area contributed by atoms with E-state index in [1.54, 1.807) is 7.11 Å². The number of nitrogens with zero attached hydrogens (tertiary/aromatic N) is 2. The highest BCUT2D eigenvalue weighted by Gasteiger charge is 2.13. The summed E-state index contributed by atoms with van der Waals surface area (Å²) in [6.07, 6.45) is 2.27. The zero-order valence-electron chi connectivity index (χ0n) is 12.2. The highest BCUT2D eigenvalue weighted by Crippen LogP contribution is 2.34. The quantitative estimate of drug-likeness (QED) is 0.906. The van der Waals surface area contributed by atoms with Crippen LogP contribution in [0.5, 0.6) is 17.4 Å². The third-order valence-electron chi connectivity index (χ3n) is 3.02. The smallest absolute Gasteiger partial charge is 0.227 e. The molecule has 0 spiro atoms. The summed E-state index contributed by atoms with van der Waals surface area (Å²) in [4.78, 5) is 8.42. The molecule has 0 aliphatic rings. The van der Waals surface area contributed by atoms with Crippen LogP contribution in [0.4, 0.5) is 5.82 Å². The minimum Gasteiger partial charge on any atom is -0.493 e. The Morgan fingerprint density at radius 2 is 2.00 bits per heavy atom. The lowest BCUT2D eigenvalue weighted by Gasteiger charge is -2.14. The van der Waals surface area contributed by atoms with Crippen molar-refractivity contribution in [2.75, 3.05) is 19.5 Å². The van der Waals surface area contributed by atoms with Crippen LogP contribution in [-0.4, -0.2) is 24.1 Å². The van der Waals surface area contributed by atoms with Crippen molar-refractivity contribution in [1.29, 1.82) is 0 Å². The Labute approximate surface area is 119 Å². The first-order valence-corrected chi connectivity index (χ1v) is 6.53. The molecule has 0 radical (unpaired) electrons. The molecular formula is C15H19N3O2. The number of hydrogen-bond donors (Lipinski definition) is 1. The fourth-order valence-electron chi connectivity index (χ4n) is 1.98. The summed E-state index contributed by atoms with van der Waals surface area (Å²) in [5.74, 6) is 2.67. The van der Waals surface area contributed by atoms with Gasteiger partial charge in [-0.1, -0.05) is 13.0 Å². The van der Waals surface area contributed by atoms with Gasteiger partial charge < -0.3 is 14.8 Å². The average Bonchev–Trinajstić information content (AvgIpc) is 2.48. The molecular weight excluding hydrogens is 254 g/mol. The second-order valence-corrected chi connectivity index (χ2v) is 4.37. The third kappa shape index (κ3) is 2.82. The predicted molar refractivity (Wildman–Crippen MR) is 78.8 cm³/mol. The third-order valence-corrected chi connectivity index (χ3v) is 3.02. The molecule has 0 bridgehead atoms. The van der Waals surface area contributed by atoms with Crippen molar-refractivity contribution in [1.82, 2.24) is 9.97 Å². The maximum Gasteiger partial charge on any atom is 0.227 e. The van der Waals surface area contributed by atoms with Crippen LogP contribution in [0.15, 0.2) is 24.5 Å². The molecule has 0 saturated heterocycles. The average molecular weight is 273 g/mol. The van der Waals surface area contributed by atoms with Gasteiger partial charge in [0.25, 0.3) is 0 Å². The van der Waals surface area contributed by atoms with Gasteiger partial charge >= 0.3 is 0 Å². The van der Waals surface area contributed by atoms with Gasteiger partial charge in [0.1, 0.15) is 12.1 Å². The maximum absolute atomic E-state index is 5.90. The molecule has 5 nitrogen and oxygen atoms in total. The molecule has 20 heavy (non-hydrogen) atoms. The summed E-state index contributed by atoms with van der Waals surface area (Å²) in [6, 6.07) is 5.79. The summed E-state index contributed by atoms with van der Waals surface area (Å²) in [5, 5.41) is 3.05. The van der Waals surface area contributed by atoms with Crippen molar-refractivity contribution in [3.05, 3.63) is 35.7 Å². The lowest BCUT2D eigenvalue weighted by atomic mass is 10.2. The van der Waals surface area contributed by atoms with Gasteiger partial charge in [-0.15, -0.1) is 0 Å². The van der Waals surface area contributed by atoms with Crippen LogP contribution in [0.2, 0.25) is 0 Å². The topological polar surface area (TPSA) is 56.3 Å². The highest BCUT2D eigenvalue weighted by atomic mass is 16.5. The maximum atomic E-state index is 5.90. The van der Waals surface area contributed by atoms with Gasteiger partial charge in [0.05, 0.1) is 12.7 Å². The van der Waals surface area contributed by atoms with Gasteiger partial charge in [0.15, 0.2) is 11.5 Å². The second kappa shape index (κ2) is 6.23. The molecule has 0 aliphatic heterocycles. The zero-order valence-corrected chi connectivity index (χ0v) is 12.2. The van der Waals surface area contributed by atoms with E-state index in [0.717, 1.165) is 23.4 Å². The minimum absolute atomic E-state index is 0.550. The van der Waals surface area contributed by atoms with Crippen molar-refractivity contribution in [3.8, 4) is 17.4 Å². The van der Waals surface area contributed by atoms with Crippen molar-refractivity contribution >= 4 is 5.82 Å². The Hall–Kier alpha value is -2.30. The van der Waals surface area contributed by atoms with E-state index in [4.69, 9.17) is 9.47 Å². The molecule has 0 amide bonds. The van der Waals surface area contributed by atoms with Crippen LogP contribution in [0, 0.1) is 6.92 Å². The molecule has 1 aromatic carbocycles. The summed E-state index contributed by atoms with van der Waals surface area (Å²) in [7, 11) is 3.46. The number of methoxy groups -OCH3 is 1. The predicted octanol–water partition coefficient (Wildman–Crippen LogP) is 3.19. The van der Waals surface area contributed by atoms with Crippen LogP contribution < -0.4 is 14.8 Å². The van der Waals surface area contributed by atoms with E-state index in [9.17, 15) is 0 Å². The molecule has 5 heteroatoms. The number of hydrogen-bond acceptors (Lipinski definition) is 5. The number of aromatic nitrogens is 2. The largest absolute Gasteiger partial charge is 0.493 e. The monoisotopic (exact) mass is 273 g/mol. The van der Waals surface area contributed by atoms with Gasteiger partial charge in [0.2, 0.25) is 5.88 Å². The molecule has 1 heterocycles. The normalized spacial score (nSPS) is 10.2. The van der Waals surface area contributed by atoms with E-state index in [1.807, 2.05) is 39.1 Å². The molecule has 1 N–H and O–H groups in total. The Kier molecular flexibility index (Phi) is 4.40. The Balaban J connectivity index is 2.39. The number of aryl methyl sites for hydroxylation is 1. The highest BCUT2D eigenvalue weighted by molar-refractivity contribution is 5.51. The molecule has 0 aliphatic carbocycles. The van der Waals surface area contributed by atoms with Crippen molar-refractivity contribution in [3.63, 3.8) is 0 Å². The molecule has 0 atom stereocenters. The van der Waals surface area contributed by atoms with Crippen LogP contribution in [0.25, 0.3) is 0 Å². The van der Waals surface area contributed by atoms with E-state index >= 15 is 0 Å². The minimum atomic E-state index is 0.550. The lowest BCUT2D eigenvalue weighted by Crippen LogP contribution is -2.03. The molecule has 0 saturated carbocycles. The zero-order chi connectivity index (χ0) is 14.5. The van der Waals surface area contributed by atoms with Gasteiger partial charge in [0, 0.05) is 7.05 Å². The first-order chi connectivity index (χ1) is 9.69. The Morgan fingerprint density at radius 3 is 2.65 bits per heavy atom. The van der Waals surface area contributed by atoms with Gasteiger partial charge in [-0.3, -0.25) is 0 Å². The molecule has 106 valence electrons. The fraction of sp³-hybridized carbons (Fsp3) is 0.333. The van der Waals surface area contributed by atoms with Crippen molar-refractivity contribution in [2.45, 2.75) is 20.3 Å². The molecule has 2 aromatic rings. The summed E-state index contributed by atoms with van der Waals surface area (Å²) in [6.45, 7) is 4.05. The number of benzene rings is 1. The molecule has 1 aromatic heterocycles. The van der Waals surface area contributed by atoms with Crippen molar-refractivity contribution < 1.29 is 9.47 Å². The van der Waals surface area contributed by atoms with Gasteiger partial charge in [-0.25, -0.2) is 9.97 Å². The number of rotatable bonds is 5. The SMILES string of the molecule is CCc1c(NC)ncnc1Oc1ccc(C)cc1OC.